The van der Waals surface area contributed by atoms with Gasteiger partial charge in [0.25, 0.3) is 0 Å². The van der Waals surface area contributed by atoms with Crippen molar-refractivity contribution in [2.24, 2.45) is 0 Å². The van der Waals surface area contributed by atoms with Gasteiger partial charge in [-0.3, -0.25) is 9.78 Å². The third-order valence-corrected chi connectivity index (χ3v) is 5.21. The van der Waals surface area contributed by atoms with Crippen LogP contribution in [0, 0.1) is 6.92 Å². The summed E-state index contributed by atoms with van der Waals surface area (Å²) in [5.74, 6) is 0.576. The van der Waals surface area contributed by atoms with Crippen LogP contribution in [-0.2, 0) is 4.79 Å². The number of aromatic nitrogens is 3. The Balaban J connectivity index is 1.50. The molecule has 0 unspecified atom stereocenters. The van der Waals surface area contributed by atoms with Gasteiger partial charge in [0.05, 0.1) is 16.9 Å². The molecule has 6 heteroatoms. The Labute approximate surface area is 170 Å². The van der Waals surface area contributed by atoms with Gasteiger partial charge in [0.15, 0.2) is 5.78 Å². The molecule has 0 atom stereocenters. The molecule has 1 aromatic carbocycles. The van der Waals surface area contributed by atoms with Crippen LogP contribution >= 0.6 is 0 Å². The van der Waals surface area contributed by atoms with Crippen LogP contribution in [-0.4, -0.2) is 58.9 Å². The van der Waals surface area contributed by atoms with Gasteiger partial charge in [0.1, 0.15) is 11.3 Å². The highest BCUT2D eigenvalue weighted by molar-refractivity contribution is 6.04. The number of piperazine rings is 1. The van der Waals surface area contributed by atoms with E-state index in [2.05, 4.69) is 32.9 Å². The number of benzene rings is 1. The van der Waals surface area contributed by atoms with E-state index >= 15 is 0 Å². The molecular weight excluding hydrogens is 362 g/mol. The number of imidazole rings is 1. The van der Waals surface area contributed by atoms with Crippen molar-refractivity contribution < 1.29 is 4.79 Å². The Hall–Kier alpha value is -3.25. The van der Waals surface area contributed by atoms with E-state index in [0.717, 1.165) is 54.2 Å². The first kappa shape index (κ1) is 19.1. The number of fused-ring (bicyclic) bond motifs is 1. The summed E-state index contributed by atoms with van der Waals surface area (Å²) in [4.78, 5) is 29.2. The maximum atomic E-state index is 12.2. The number of nitrogens with zero attached hydrogens (tertiary/aromatic N) is 4. The second kappa shape index (κ2) is 8.41. The van der Waals surface area contributed by atoms with Crippen LogP contribution in [0.15, 0.2) is 48.7 Å². The number of allylic oxidation sites excluding steroid dienone is 2. The van der Waals surface area contributed by atoms with Crippen LogP contribution in [0.2, 0.25) is 0 Å². The lowest BCUT2D eigenvalue weighted by molar-refractivity contribution is -0.110. The fraction of sp³-hybridized carbons (Fsp3) is 0.261. The van der Waals surface area contributed by atoms with Crippen molar-refractivity contribution in [1.29, 1.82) is 0 Å². The maximum absolute atomic E-state index is 12.2. The largest absolute Gasteiger partial charge is 0.367 e. The number of nitrogens with one attached hydrogen (secondary N) is 1. The molecule has 3 aromatic rings. The van der Waals surface area contributed by atoms with E-state index in [4.69, 9.17) is 4.98 Å². The van der Waals surface area contributed by atoms with Crippen molar-refractivity contribution in [2.45, 2.75) is 6.92 Å². The van der Waals surface area contributed by atoms with Gasteiger partial charge in [-0.05, 0) is 62.0 Å². The Kier molecular flexibility index (Phi) is 5.53. The molecule has 1 N–H and O–H groups in total. The minimum absolute atomic E-state index is 0.102. The summed E-state index contributed by atoms with van der Waals surface area (Å²) in [5.41, 5.74) is 4.91. The van der Waals surface area contributed by atoms with Crippen LogP contribution in [0.1, 0.15) is 17.1 Å². The van der Waals surface area contributed by atoms with Gasteiger partial charge in [-0.15, -0.1) is 0 Å². The molecule has 148 valence electrons. The summed E-state index contributed by atoms with van der Waals surface area (Å²) < 4.78 is 0. The lowest BCUT2D eigenvalue weighted by Gasteiger charge is -2.34. The lowest BCUT2D eigenvalue weighted by atomic mass is 10.2. The van der Waals surface area contributed by atoms with E-state index in [1.807, 2.05) is 31.2 Å². The summed E-state index contributed by atoms with van der Waals surface area (Å²) in [6, 6.07) is 10.0. The molecule has 6 nitrogen and oxygen atoms in total. The summed E-state index contributed by atoms with van der Waals surface area (Å²) in [5, 5.41) is 0. The van der Waals surface area contributed by atoms with E-state index < -0.39 is 0 Å². The summed E-state index contributed by atoms with van der Waals surface area (Å²) in [6.45, 7) is 6.04. The highest BCUT2D eigenvalue weighted by Gasteiger charge is 2.17. The van der Waals surface area contributed by atoms with Crippen LogP contribution < -0.4 is 4.90 Å². The number of H-pyrrole nitrogens is 1. The molecule has 2 aromatic heterocycles. The molecule has 1 fully saturated rings. The Morgan fingerprint density at radius 1 is 1.07 bits per heavy atom. The van der Waals surface area contributed by atoms with Crippen molar-refractivity contribution >= 4 is 34.7 Å². The number of hydrogen-bond acceptors (Lipinski definition) is 5. The minimum atomic E-state index is -0.102. The van der Waals surface area contributed by atoms with Crippen molar-refractivity contribution in [3.05, 3.63) is 65.8 Å². The van der Waals surface area contributed by atoms with Gasteiger partial charge >= 0.3 is 0 Å². The maximum Gasteiger partial charge on any atom is 0.178 e. The highest BCUT2D eigenvalue weighted by atomic mass is 16.1. The van der Waals surface area contributed by atoms with Crippen LogP contribution in [0.5, 0.6) is 0 Å². The van der Waals surface area contributed by atoms with Gasteiger partial charge in [0.2, 0.25) is 0 Å². The molecule has 0 bridgehead atoms. The molecular formula is C23H25N5O. The van der Waals surface area contributed by atoms with E-state index in [-0.39, 0.29) is 5.78 Å². The predicted molar refractivity (Wildman–Crippen MR) is 118 cm³/mol. The molecule has 0 spiro atoms. The van der Waals surface area contributed by atoms with Gasteiger partial charge in [0, 0.05) is 32.4 Å². The average molecular weight is 387 g/mol. The Morgan fingerprint density at radius 3 is 2.66 bits per heavy atom. The first-order valence-electron chi connectivity index (χ1n) is 9.84. The van der Waals surface area contributed by atoms with Gasteiger partial charge in [-0.1, -0.05) is 12.1 Å². The number of rotatable bonds is 5. The number of carbonyl (C=O) groups is 1. The van der Waals surface area contributed by atoms with E-state index in [0.29, 0.717) is 5.82 Å². The van der Waals surface area contributed by atoms with Crippen LogP contribution in [0.3, 0.4) is 0 Å². The number of anilines is 1. The normalized spacial score (nSPS) is 15.7. The number of hydrogen-bond donors (Lipinski definition) is 1. The fourth-order valence-corrected chi connectivity index (χ4v) is 3.47. The molecule has 1 saturated heterocycles. The average Bonchev–Trinajstić information content (AvgIpc) is 3.15. The standard InChI is InChI=1S/C23H25N5O/c1-17-5-4-12-24-19(17)10-8-18(29)9-11-22-25-20-6-3-7-21(23(20)26-22)28-15-13-27(2)14-16-28/h3-12H,13-16H2,1-2H3,(H,25,26)/b10-8+,11-9+. The topological polar surface area (TPSA) is 65.1 Å². The van der Waals surface area contributed by atoms with Gasteiger partial charge in [-0.2, -0.15) is 0 Å². The molecule has 0 aliphatic carbocycles. The third kappa shape index (κ3) is 4.43. The minimum Gasteiger partial charge on any atom is -0.367 e. The van der Waals surface area contributed by atoms with Crippen LogP contribution in [0.25, 0.3) is 23.2 Å². The van der Waals surface area contributed by atoms with Crippen molar-refractivity contribution in [1.82, 2.24) is 19.9 Å². The zero-order valence-corrected chi connectivity index (χ0v) is 16.8. The van der Waals surface area contributed by atoms with Crippen molar-refractivity contribution in [2.75, 3.05) is 38.1 Å². The molecule has 1 aliphatic rings. The molecule has 3 heterocycles. The quantitative estimate of drug-likeness (QED) is 0.681. The van der Waals surface area contributed by atoms with Gasteiger partial charge in [-0.25, -0.2) is 4.98 Å². The zero-order chi connectivity index (χ0) is 20.2. The van der Waals surface area contributed by atoms with E-state index in [1.54, 1.807) is 18.3 Å². The Morgan fingerprint density at radius 2 is 1.86 bits per heavy atom. The highest BCUT2D eigenvalue weighted by Crippen LogP contribution is 2.26. The number of likely N-dealkylation sites (N-methyl/N-ethyl adjacent to an activating group) is 1. The molecule has 1 aliphatic heterocycles. The number of aromatic amines is 1. The van der Waals surface area contributed by atoms with E-state index in [9.17, 15) is 4.79 Å². The van der Waals surface area contributed by atoms with Crippen molar-refractivity contribution in [3.8, 4) is 0 Å². The number of carbonyl (C=O) groups excluding carboxylic acids is 1. The number of ketones is 1. The van der Waals surface area contributed by atoms with Crippen molar-refractivity contribution in [3.63, 3.8) is 0 Å². The SMILES string of the molecule is Cc1cccnc1/C=C/C(=O)/C=C/c1nc2c(N3CCN(C)CC3)cccc2[nH]1. The molecule has 0 saturated carbocycles. The fourth-order valence-electron chi connectivity index (χ4n) is 3.47. The second-order valence-electron chi connectivity index (χ2n) is 7.36. The van der Waals surface area contributed by atoms with Crippen LogP contribution in [0.4, 0.5) is 5.69 Å². The smallest absolute Gasteiger partial charge is 0.178 e. The number of para-hydroxylation sites is 1. The van der Waals surface area contributed by atoms with Gasteiger partial charge < -0.3 is 14.8 Å². The molecule has 4 rings (SSSR count). The first-order chi connectivity index (χ1) is 14.1. The molecule has 29 heavy (non-hydrogen) atoms. The molecule has 0 radical (unpaired) electrons. The summed E-state index contributed by atoms with van der Waals surface area (Å²) >= 11 is 0. The molecule has 0 amide bonds. The third-order valence-electron chi connectivity index (χ3n) is 5.21. The Bertz CT molecular complexity index is 1070. The number of aryl methyl sites for hydroxylation is 1. The summed E-state index contributed by atoms with van der Waals surface area (Å²) in [7, 11) is 2.15. The first-order valence-corrected chi connectivity index (χ1v) is 9.84. The number of pyridine rings is 1. The lowest BCUT2D eigenvalue weighted by Crippen LogP contribution is -2.44. The predicted octanol–water partition coefficient (Wildman–Crippen LogP) is 3.31. The second-order valence-corrected chi connectivity index (χ2v) is 7.36. The van der Waals surface area contributed by atoms with E-state index in [1.165, 1.54) is 12.2 Å². The zero-order valence-electron chi connectivity index (χ0n) is 16.8. The summed E-state index contributed by atoms with van der Waals surface area (Å²) in [6.07, 6.45) is 8.25. The monoisotopic (exact) mass is 387 g/mol.